The van der Waals surface area contributed by atoms with Crippen LogP contribution in [0, 0.1) is 5.41 Å². The van der Waals surface area contributed by atoms with Crippen molar-refractivity contribution in [2.45, 2.75) is 69.7 Å². The number of rotatable bonds is 6. The van der Waals surface area contributed by atoms with Crippen LogP contribution in [-0.4, -0.2) is 27.9 Å². The van der Waals surface area contributed by atoms with Gasteiger partial charge in [-0.25, -0.2) is 0 Å². The average molecular weight is 503 g/mol. The first-order chi connectivity index (χ1) is 15.7. The zero-order valence-electron chi connectivity index (χ0n) is 19.9. The van der Waals surface area contributed by atoms with E-state index in [9.17, 15) is 4.79 Å². The number of halogens is 2. The van der Waals surface area contributed by atoms with E-state index in [1.165, 1.54) is 16.7 Å². The van der Waals surface area contributed by atoms with Crippen molar-refractivity contribution in [3.8, 4) is 0 Å². The fraction of sp³-hybridized carbons (Fsp3) is 0.464. The van der Waals surface area contributed by atoms with Crippen LogP contribution in [0.2, 0.25) is 10.0 Å². The lowest BCUT2D eigenvalue weighted by atomic mass is 9.64. The molecule has 2 aliphatic rings. The molecule has 0 aliphatic carbocycles. The smallest absolute Gasteiger partial charge is 0.229 e. The summed E-state index contributed by atoms with van der Waals surface area (Å²) in [6, 6.07) is 14.4. The molecule has 5 heteroatoms. The summed E-state index contributed by atoms with van der Waals surface area (Å²) >= 11 is 14.8. The van der Waals surface area contributed by atoms with Crippen LogP contribution in [0.25, 0.3) is 0 Å². The molecule has 0 radical (unpaired) electrons. The zero-order chi connectivity index (χ0) is 23.9. The van der Waals surface area contributed by atoms with Gasteiger partial charge < -0.3 is 4.90 Å². The number of piperidine rings is 1. The summed E-state index contributed by atoms with van der Waals surface area (Å²) in [4.78, 5) is 16.4. The molecular weight excluding hydrogens is 469 g/mol. The lowest BCUT2D eigenvalue weighted by molar-refractivity contribution is -0.155. The number of carbonyl (C=O) groups excluding carboxylic acids is 1. The van der Waals surface area contributed by atoms with Crippen LogP contribution in [0.1, 0.15) is 75.1 Å². The van der Waals surface area contributed by atoms with Gasteiger partial charge in [-0.05, 0) is 59.0 Å². The molecule has 4 rings (SSSR count). The van der Waals surface area contributed by atoms with Gasteiger partial charge in [0.1, 0.15) is 0 Å². The van der Waals surface area contributed by atoms with E-state index in [-0.39, 0.29) is 29.8 Å². The van der Waals surface area contributed by atoms with Crippen molar-refractivity contribution in [1.82, 2.24) is 4.90 Å². The van der Waals surface area contributed by atoms with E-state index in [1.54, 1.807) is 0 Å². The van der Waals surface area contributed by atoms with Gasteiger partial charge >= 0.3 is 0 Å². The highest BCUT2D eigenvalue weighted by molar-refractivity contribution is 7.99. The molecule has 1 fully saturated rings. The fourth-order valence-electron chi connectivity index (χ4n) is 5.74. The van der Waals surface area contributed by atoms with Crippen molar-refractivity contribution >= 4 is 40.9 Å². The summed E-state index contributed by atoms with van der Waals surface area (Å²) in [6.45, 7) is 12.8. The van der Waals surface area contributed by atoms with E-state index >= 15 is 0 Å². The molecule has 0 spiro atoms. The molecule has 0 bridgehead atoms. The minimum Gasteiger partial charge on any atom is -0.330 e. The molecule has 2 aromatic rings. The first kappa shape index (κ1) is 24.7. The average Bonchev–Trinajstić information content (AvgIpc) is 2.76. The standard InChI is InChI=1S/C28H33Cl2NOS/c1-6-12-28(5)15-24(19-8-7-9-20(29)13-19)26-22-11-10-21(30)14-23(22)18(4)25(16-33-17(2)3)31(26)27(28)32/h6-11,13-14,17-18,24-26H,1,12,15-16H2,2-5H3/t18?,24-,25?,26-,28+/m1/s1. The summed E-state index contributed by atoms with van der Waals surface area (Å²) in [6.07, 6.45) is 3.32. The molecule has 2 heterocycles. The highest BCUT2D eigenvalue weighted by Crippen LogP contribution is 2.56. The second-order valence-electron chi connectivity index (χ2n) is 10.1. The van der Waals surface area contributed by atoms with Crippen molar-refractivity contribution < 1.29 is 4.79 Å². The molecule has 2 unspecified atom stereocenters. The Labute approximate surface area is 212 Å². The number of hydrogen-bond donors (Lipinski definition) is 0. The number of benzene rings is 2. The molecule has 2 aliphatic heterocycles. The highest BCUT2D eigenvalue weighted by Gasteiger charge is 2.54. The number of thioether (sulfide) groups is 1. The molecule has 176 valence electrons. The molecule has 2 aromatic carbocycles. The Hall–Kier alpha value is -1.42. The van der Waals surface area contributed by atoms with Crippen molar-refractivity contribution in [3.05, 3.63) is 81.9 Å². The molecule has 33 heavy (non-hydrogen) atoms. The Morgan fingerprint density at radius 2 is 1.91 bits per heavy atom. The van der Waals surface area contributed by atoms with E-state index in [0.717, 1.165) is 22.2 Å². The van der Waals surface area contributed by atoms with Crippen LogP contribution in [0.15, 0.2) is 55.1 Å². The van der Waals surface area contributed by atoms with E-state index in [0.29, 0.717) is 11.7 Å². The van der Waals surface area contributed by atoms with Gasteiger partial charge in [0.15, 0.2) is 0 Å². The first-order valence-electron chi connectivity index (χ1n) is 11.8. The maximum absolute atomic E-state index is 14.2. The topological polar surface area (TPSA) is 20.3 Å². The SMILES string of the molecule is C=CC[C@@]1(C)C[C@H](c2cccc(Cl)c2)[C@H]2c3ccc(Cl)cc3C(C)C(CSC(C)C)N2C1=O. The molecule has 1 saturated heterocycles. The Kier molecular flexibility index (Phi) is 7.24. The molecule has 1 amide bonds. The van der Waals surface area contributed by atoms with Crippen LogP contribution >= 0.6 is 35.0 Å². The second kappa shape index (κ2) is 9.68. The summed E-state index contributed by atoms with van der Waals surface area (Å²) in [7, 11) is 0. The quantitative estimate of drug-likeness (QED) is 0.371. The maximum Gasteiger partial charge on any atom is 0.229 e. The van der Waals surface area contributed by atoms with Crippen molar-refractivity contribution in [3.63, 3.8) is 0 Å². The molecule has 2 nitrogen and oxygen atoms in total. The fourth-order valence-corrected chi connectivity index (χ4v) is 7.15. The first-order valence-corrected chi connectivity index (χ1v) is 13.6. The van der Waals surface area contributed by atoms with Gasteiger partial charge in [-0.1, -0.05) is 75.2 Å². The van der Waals surface area contributed by atoms with E-state index in [4.69, 9.17) is 23.2 Å². The third kappa shape index (κ3) is 4.61. The number of nitrogens with zero attached hydrogens (tertiary/aromatic N) is 1. The van der Waals surface area contributed by atoms with Crippen LogP contribution in [0.3, 0.4) is 0 Å². The van der Waals surface area contributed by atoms with Gasteiger partial charge in [0.25, 0.3) is 0 Å². The number of carbonyl (C=O) groups is 1. The van der Waals surface area contributed by atoms with E-state index in [2.05, 4.69) is 63.4 Å². The van der Waals surface area contributed by atoms with E-state index in [1.807, 2.05) is 36.0 Å². The Bertz CT molecular complexity index is 1050. The van der Waals surface area contributed by atoms with Crippen molar-refractivity contribution in [2.75, 3.05) is 5.75 Å². The van der Waals surface area contributed by atoms with Crippen LogP contribution in [0.4, 0.5) is 0 Å². The van der Waals surface area contributed by atoms with Gasteiger partial charge in [0, 0.05) is 33.7 Å². The molecule has 0 N–H and O–H groups in total. The van der Waals surface area contributed by atoms with Gasteiger partial charge in [0.2, 0.25) is 5.91 Å². The number of allylic oxidation sites excluding steroid dienone is 1. The summed E-state index contributed by atoms with van der Waals surface area (Å²) in [5.41, 5.74) is 3.18. The number of fused-ring (bicyclic) bond motifs is 3. The monoisotopic (exact) mass is 501 g/mol. The zero-order valence-corrected chi connectivity index (χ0v) is 22.2. The lowest BCUT2D eigenvalue weighted by Crippen LogP contribution is -2.59. The van der Waals surface area contributed by atoms with Gasteiger partial charge in [0.05, 0.1) is 11.5 Å². The van der Waals surface area contributed by atoms with Crippen LogP contribution < -0.4 is 0 Å². The van der Waals surface area contributed by atoms with Gasteiger partial charge in [-0.15, -0.1) is 6.58 Å². The third-order valence-electron chi connectivity index (χ3n) is 7.37. The minimum atomic E-state index is -0.490. The summed E-state index contributed by atoms with van der Waals surface area (Å²) in [5.74, 6) is 1.49. The largest absolute Gasteiger partial charge is 0.330 e. The van der Waals surface area contributed by atoms with E-state index < -0.39 is 5.41 Å². The van der Waals surface area contributed by atoms with Gasteiger partial charge in [-0.3, -0.25) is 4.79 Å². The minimum absolute atomic E-state index is 0.0323. The Balaban J connectivity index is 1.92. The normalized spacial score (nSPS) is 29.1. The molecule has 0 saturated carbocycles. The third-order valence-corrected chi connectivity index (χ3v) is 9.04. The Morgan fingerprint density at radius 3 is 2.58 bits per heavy atom. The Morgan fingerprint density at radius 1 is 1.18 bits per heavy atom. The number of amides is 1. The second-order valence-corrected chi connectivity index (χ2v) is 12.6. The van der Waals surface area contributed by atoms with Crippen LogP contribution in [-0.2, 0) is 4.79 Å². The van der Waals surface area contributed by atoms with Crippen molar-refractivity contribution in [2.24, 2.45) is 5.41 Å². The summed E-state index contributed by atoms with van der Waals surface area (Å²) in [5, 5.41) is 1.98. The predicted octanol–water partition coefficient (Wildman–Crippen LogP) is 8.26. The lowest BCUT2D eigenvalue weighted by Gasteiger charge is -2.56. The van der Waals surface area contributed by atoms with Crippen molar-refractivity contribution in [1.29, 1.82) is 0 Å². The summed E-state index contributed by atoms with van der Waals surface area (Å²) < 4.78 is 0. The molecular formula is C28H33Cl2NOS. The molecule has 5 atom stereocenters. The number of hydrogen-bond acceptors (Lipinski definition) is 2. The maximum atomic E-state index is 14.2. The predicted molar refractivity (Wildman–Crippen MR) is 143 cm³/mol. The molecule has 0 aromatic heterocycles. The van der Waals surface area contributed by atoms with Gasteiger partial charge in [-0.2, -0.15) is 11.8 Å². The van der Waals surface area contributed by atoms with Crippen LogP contribution in [0.5, 0.6) is 0 Å². The highest BCUT2D eigenvalue weighted by atomic mass is 35.5.